The highest BCUT2D eigenvalue weighted by atomic mass is 16.5. The molecule has 17 heavy (non-hydrogen) atoms. The zero-order chi connectivity index (χ0) is 12.1. The lowest BCUT2D eigenvalue weighted by molar-refractivity contribution is -0.915. The van der Waals surface area contributed by atoms with Crippen LogP contribution in [-0.2, 0) is 4.74 Å². The summed E-state index contributed by atoms with van der Waals surface area (Å²) in [4.78, 5) is 0. The van der Waals surface area contributed by atoms with Crippen LogP contribution in [0.4, 0.5) is 11.4 Å². The van der Waals surface area contributed by atoms with Crippen LogP contribution in [0.15, 0.2) is 24.3 Å². The number of benzene rings is 1. The molecule has 0 radical (unpaired) electrons. The highest BCUT2D eigenvalue weighted by molar-refractivity contribution is 5.65. The third-order valence-corrected chi connectivity index (χ3v) is 3.48. The van der Waals surface area contributed by atoms with Gasteiger partial charge in [-0.1, -0.05) is 12.1 Å². The number of nitrogens with zero attached hydrogens (tertiary/aromatic N) is 1. The Balaban J connectivity index is 1.81. The zero-order valence-corrected chi connectivity index (χ0v) is 10.5. The van der Waals surface area contributed by atoms with E-state index in [9.17, 15) is 0 Å². The molecule has 4 heteroatoms. The standard InChI is InChI=1S/C13H22N3O/c1-16(8-10-17-11-9-16)7-6-15-13-5-3-2-4-12(13)14/h2-5,15H,6-11,14H2,1H3/q+1. The van der Waals surface area contributed by atoms with Gasteiger partial charge in [-0.3, -0.25) is 0 Å². The molecule has 0 saturated carbocycles. The van der Waals surface area contributed by atoms with Gasteiger partial charge in [-0.05, 0) is 12.1 Å². The van der Waals surface area contributed by atoms with Crippen molar-refractivity contribution in [1.82, 2.24) is 0 Å². The first-order valence-corrected chi connectivity index (χ1v) is 6.19. The lowest BCUT2D eigenvalue weighted by atomic mass is 10.2. The minimum Gasteiger partial charge on any atom is -0.397 e. The molecule has 94 valence electrons. The highest BCUT2D eigenvalue weighted by Crippen LogP contribution is 2.16. The van der Waals surface area contributed by atoms with Gasteiger partial charge in [-0.2, -0.15) is 0 Å². The molecular weight excluding hydrogens is 214 g/mol. The van der Waals surface area contributed by atoms with E-state index in [2.05, 4.69) is 12.4 Å². The van der Waals surface area contributed by atoms with Gasteiger partial charge in [0.1, 0.15) is 13.1 Å². The van der Waals surface area contributed by atoms with Gasteiger partial charge >= 0.3 is 0 Å². The van der Waals surface area contributed by atoms with Gasteiger partial charge < -0.3 is 20.3 Å². The highest BCUT2D eigenvalue weighted by Gasteiger charge is 2.24. The summed E-state index contributed by atoms with van der Waals surface area (Å²) in [6.45, 7) is 6.02. The van der Waals surface area contributed by atoms with Crippen molar-refractivity contribution < 1.29 is 9.22 Å². The van der Waals surface area contributed by atoms with Crippen LogP contribution >= 0.6 is 0 Å². The Kier molecular flexibility index (Phi) is 3.86. The largest absolute Gasteiger partial charge is 0.397 e. The number of ether oxygens (including phenoxy) is 1. The average Bonchev–Trinajstić information content (AvgIpc) is 2.32. The van der Waals surface area contributed by atoms with Crippen molar-refractivity contribution in [1.29, 1.82) is 0 Å². The Labute approximate surface area is 103 Å². The molecule has 0 aliphatic carbocycles. The second kappa shape index (κ2) is 5.38. The van der Waals surface area contributed by atoms with Crippen LogP contribution in [0.5, 0.6) is 0 Å². The molecule has 1 heterocycles. The van der Waals surface area contributed by atoms with Crippen LogP contribution in [0.25, 0.3) is 0 Å². The first-order chi connectivity index (χ1) is 8.20. The average molecular weight is 236 g/mol. The van der Waals surface area contributed by atoms with Crippen molar-refractivity contribution in [2.75, 3.05) is 57.5 Å². The number of hydrogen-bond acceptors (Lipinski definition) is 3. The van der Waals surface area contributed by atoms with Crippen LogP contribution in [0.1, 0.15) is 0 Å². The van der Waals surface area contributed by atoms with E-state index in [1.807, 2.05) is 24.3 Å². The fourth-order valence-corrected chi connectivity index (χ4v) is 2.13. The molecule has 0 unspecified atom stereocenters. The number of likely N-dealkylation sites (N-methyl/N-ethyl adjacent to an activating group) is 1. The fraction of sp³-hybridized carbons (Fsp3) is 0.538. The summed E-state index contributed by atoms with van der Waals surface area (Å²) in [5, 5.41) is 3.40. The van der Waals surface area contributed by atoms with E-state index in [0.29, 0.717) is 0 Å². The van der Waals surface area contributed by atoms with E-state index < -0.39 is 0 Å². The molecule has 1 aliphatic heterocycles. The quantitative estimate of drug-likeness (QED) is 0.609. The third-order valence-electron chi connectivity index (χ3n) is 3.48. The minimum atomic E-state index is 0.817. The summed E-state index contributed by atoms with van der Waals surface area (Å²) >= 11 is 0. The molecule has 0 atom stereocenters. The molecule has 1 aliphatic rings. The number of rotatable bonds is 4. The van der Waals surface area contributed by atoms with Gasteiger partial charge in [0.25, 0.3) is 0 Å². The molecule has 3 N–H and O–H groups in total. The molecule has 1 aromatic rings. The van der Waals surface area contributed by atoms with Crippen molar-refractivity contribution in [3.63, 3.8) is 0 Å². The number of nitrogens with two attached hydrogens (primary N) is 1. The van der Waals surface area contributed by atoms with Gasteiger partial charge in [-0.15, -0.1) is 0 Å². The smallest absolute Gasteiger partial charge is 0.102 e. The Morgan fingerprint density at radius 2 is 2.00 bits per heavy atom. The zero-order valence-electron chi connectivity index (χ0n) is 10.5. The molecule has 1 saturated heterocycles. The Morgan fingerprint density at radius 1 is 1.29 bits per heavy atom. The summed E-state index contributed by atoms with van der Waals surface area (Å²) in [5.74, 6) is 0. The van der Waals surface area contributed by atoms with Crippen molar-refractivity contribution in [2.45, 2.75) is 0 Å². The first-order valence-electron chi connectivity index (χ1n) is 6.19. The lowest BCUT2D eigenvalue weighted by Gasteiger charge is -2.37. The molecule has 2 rings (SSSR count). The van der Waals surface area contributed by atoms with Crippen LogP contribution in [0.2, 0.25) is 0 Å². The van der Waals surface area contributed by atoms with Crippen molar-refractivity contribution in [3.8, 4) is 0 Å². The van der Waals surface area contributed by atoms with E-state index in [4.69, 9.17) is 10.5 Å². The maximum Gasteiger partial charge on any atom is 0.102 e. The Bertz CT molecular complexity index is 361. The lowest BCUT2D eigenvalue weighted by Crippen LogP contribution is -2.53. The molecule has 0 spiro atoms. The van der Waals surface area contributed by atoms with E-state index in [1.165, 1.54) is 0 Å². The summed E-state index contributed by atoms with van der Waals surface area (Å²) in [7, 11) is 2.29. The SMILES string of the molecule is C[N+]1(CCNc2ccccc2N)CCOCC1. The van der Waals surface area contributed by atoms with Crippen LogP contribution in [0.3, 0.4) is 0 Å². The molecular formula is C13H22N3O+. The van der Waals surface area contributed by atoms with E-state index >= 15 is 0 Å². The van der Waals surface area contributed by atoms with Gasteiger partial charge in [0.15, 0.2) is 0 Å². The number of nitrogens with one attached hydrogen (secondary N) is 1. The fourth-order valence-electron chi connectivity index (χ4n) is 2.13. The van der Waals surface area contributed by atoms with E-state index in [-0.39, 0.29) is 0 Å². The second-order valence-corrected chi connectivity index (χ2v) is 4.92. The van der Waals surface area contributed by atoms with Crippen LogP contribution < -0.4 is 11.1 Å². The maximum absolute atomic E-state index is 5.89. The predicted octanol–water partition coefficient (Wildman–Crippen LogP) is 1.16. The third kappa shape index (κ3) is 3.35. The predicted molar refractivity (Wildman–Crippen MR) is 70.9 cm³/mol. The van der Waals surface area contributed by atoms with E-state index in [1.54, 1.807) is 0 Å². The number of nitrogen functional groups attached to an aromatic ring is 1. The molecule has 1 fully saturated rings. The van der Waals surface area contributed by atoms with Crippen LogP contribution in [0, 0.1) is 0 Å². The molecule has 0 aromatic heterocycles. The Morgan fingerprint density at radius 3 is 2.71 bits per heavy atom. The van der Waals surface area contributed by atoms with Gasteiger partial charge in [0.05, 0.1) is 44.7 Å². The summed E-state index contributed by atoms with van der Waals surface area (Å²) in [6.07, 6.45) is 0. The van der Waals surface area contributed by atoms with Crippen molar-refractivity contribution >= 4 is 11.4 Å². The summed E-state index contributed by atoms with van der Waals surface area (Å²) in [5.41, 5.74) is 7.74. The normalized spacial score (nSPS) is 18.9. The Hall–Kier alpha value is -1.26. The molecule has 4 nitrogen and oxygen atoms in total. The van der Waals surface area contributed by atoms with Crippen molar-refractivity contribution in [3.05, 3.63) is 24.3 Å². The van der Waals surface area contributed by atoms with Gasteiger partial charge in [0.2, 0.25) is 0 Å². The summed E-state index contributed by atoms with van der Waals surface area (Å²) < 4.78 is 6.48. The molecule has 0 amide bonds. The number of para-hydroxylation sites is 2. The monoisotopic (exact) mass is 236 g/mol. The van der Waals surface area contributed by atoms with Crippen LogP contribution in [-0.4, -0.2) is 50.9 Å². The second-order valence-electron chi connectivity index (χ2n) is 4.92. The van der Waals surface area contributed by atoms with Gasteiger partial charge in [-0.25, -0.2) is 0 Å². The number of quaternary nitrogens is 1. The first kappa shape index (κ1) is 12.2. The van der Waals surface area contributed by atoms with Gasteiger partial charge in [0, 0.05) is 0 Å². The molecule has 1 aromatic carbocycles. The maximum atomic E-state index is 5.89. The van der Waals surface area contributed by atoms with Crippen molar-refractivity contribution in [2.24, 2.45) is 0 Å². The topological polar surface area (TPSA) is 47.3 Å². The minimum absolute atomic E-state index is 0.817. The number of anilines is 2. The summed E-state index contributed by atoms with van der Waals surface area (Å²) in [6, 6.07) is 7.90. The molecule has 0 bridgehead atoms. The van der Waals surface area contributed by atoms with E-state index in [0.717, 1.165) is 55.3 Å². The number of hydrogen-bond donors (Lipinski definition) is 2. The number of morpholine rings is 1.